The van der Waals surface area contributed by atoms with Crippen molar-refractivity contribution in [3.05, 3.63) is 18.2 Å². The summed E-state index contributed by atoms with van der Waals surface area (Å²) in [4.78, 5) is 15.7. The Bertz CT molecular complexity index is 328. The fourth-order valence-corrected chi connectivity index (χ4v) is 1.59. The quantitative estimate of drug-likeness (QED) is 0.740. The van der Waals surface area contributed by atoms with Crippen LogP contribution in [0.1, 0.15) is 12.2 Å². The van der Waals surface area contributed by atoms with Crippen molar-refractivity contribution in [2.75, 3.05) is 13.1 Å². The van der Waals surface area contributed by atoms with Gasteiger partial charge in [0.25, 0.3) is 0 Å². The van der Waals surface area contributed by atoms with E-state index in [0.29, 0.717) is 12.2 Å². The number of aromatic nitrogens is 2. The van der Waals surface area contributed by atoms with E-state index in [1.165, 1.54) is 0 Å². The molecule has 0 aromatic carbocycles. The van der Waals surface area contributed by atoms with Gasteiger partial charge in [-0.05, 0) is 0 Å². The second-order valence-electron chi connectivity index (χ2n) is 3.78. The van der Waals surface area contributed by atoms with Crippen LogP contribution in [0.4, 0.5) is 0 Å². The smallest absolute Gasteiger partial charge is 0.138 e. The van der Waals surface area contributed by atoms with E-state index in [9.17, 15) is 4.79 Å². The van der Waals surface area contributed by atoms with Crippen LogP contribution in [0.15, 0.2) is 12.4 Å². The van der Waals surface area contributed by atoms with Gasteiger partial charge in [0, 0.05) is 51.3 Å². The van der Waals surface area contributed by atoms with Gasteiger partial charge >= 0.3 is 0 Å². The molecule has 14 heavy (non-hydrogen) atoms. The highest BCUT2D eigenvalue weighted by atomic mass is 16.1. The Balaban J connectivity index is 1.82. The first-order valence-electron chi connectivity index (χ1n) is 4.97. The van der Waals surface area contributed by atoms with Crippen molar-refractivity contribution in [1.82, 2.24) is 14.9 Å². The molecule has 1 N–H and O–H groups in total. The molecule has 0 amide bonds. The number of ketones is 1. The largest absolute Gasteiger partial charge is 0.338 e. The number of Topliss-reactive ketones (excluding diaryl/α,β-unsaturated/α-hetero) is 1. The predicted octanol–water partition coefficient (Wildman–Crippen LogP) is 0.141. The molecule has 0 spiro atoms. The van der Waals surface area contributed by atoms with Crippen LogP contribution in [-0.2, 0) is 18.3 Å². The molecule has 0 radical (unpaired) electrons. The van der Waals surface area contributed by atoms with Crippen molar-refractivity contribution >= 4 is 5.78 Å². The van der Waals surface area contributed by atoms with Crippen LogP contribution in [-0.4, -0.2) is 28.4 Å². The summed E-state index contributed by atoms with van der Waals surface area (Å²) in [5.41, 5.74) is 0. The molecule has 1 aromatic rings. The number of imidazole rings is 1. The van der Waals surface area contributed by atoms with Crippen molar-refractivity contribution in [1.29, 1.82) is 0 Å². The van der Waals surface area contributed by atoms with Gasteiger partial charge in [-0.3, -0.25) is 4.79 Å². The van der Waals surface area contributed by atoms with Crippen LogP contribution in [0.5, 0.6) is 0 Å². The summed E-state index contributed by atoms with van der Waals surface area (Å²) in [7, 11) is 1.96. The van der Waals surface area contributed by atoms with Crippen molar-refractivity contribution in [3.63, 3.8) is 0 Å². The van der Waals surface area contributed by atoms with E-state index in [1.54, 1.807) is 6.20 Å². The summed E-state index contributed by atoms with van der Waals surface area (Å²) in [5, 5.41) is 3.11. The van der Waals surface area contributed by atoms with Crippen LogP contribution >= 0.6 is 0 Å². The predicted molar refractivity (Wildman–Crippen MR) is 52.9 cm³/mol. The van der Waals surface area contributed by atoms with Crippen LogP contribution < -0.4 is 5.32 Å². The van der Waals surface area contributed by atoms with Gasteiger partial charge in [0.15, 0.2) is 0 Å². The highest BCUT2D eigenvalue weighted by Gasteiger charge is 2.24. The van der Waals surface area contributed by atoms with Crippen molar-refractivity contribution in [3.8, 4) is 0 Å². The van der Waals surface area contributed by atoms with E-state index in [1.807, 2.05) is 17.8 Å². The summed E-state index contributed by atoms with van der Waals surface area (Å²) in [6, 6.07) is 0. The topological polar surface area (TPSA) is 46.9 Å². The number of carbonyl (C=O) groups is 1. The van der Waals surface area contributed by atoms with Crippen LogP contribution in [0.25, 0.3) is 0 Å². The molecule has 2 rings (SSSR count). The average molecular weight is 193 g/mol. The Kier molecular flexibility index (Phi) is 2.63. The highest BCUT2D eigenvalue weighted by Crippen LogP contribution is 2.09. The van der Waals surface area contributed by atoms with E-state index in [0.717, 1.165) is 25.3 Å². The molecule has 0 bridgehead atoms. The van der Waals surface area contributed by atoms with Gasteiger partial charge in [0.05, 0.1) is 0 Å². The SMILES string of the molecule is Cn1ccnc1CCC(=O)C1CNC1. The van der Waals surface area contributed by atoms with E-state index >= 15 is 0 Å². The Morgan fingerprint density at radius 3 is 3.00 bits per heavy atom. The summed E-state index contributed by atoms with van der Waals surface area (Å²) in [5.74, 6) is 1.62. The van der Waals surface area contributed by atoms with Gasteiger partial charge in [-0.1, -0.05) is 0 Å². The van der Waals surface area contributed by atoms with E-state index in [2.05, 4.69) is 10.3 Å². The van der Waals surface area contributed by atoms with Crippen molar-refractivity contribution < 1.29 is 4.79 Å². The Morgan fingerprint density at radius 2 is 2.50 bits per heavy atom. The monoisotopic (exact) mass is 193 g/mol. The average Bonchev–Trinajstić information content (AvgIpc) is 2.44. The van der Waals surface area contributed by atoms with Crippen LogP contribution in [0.3, 0.4) is 0 Å². The first-order valence-corrected chi connectivity index (χ1v) is 4.97. The molecule has 76 valence electrons. The number of hydrogen-bond donors (Lipinski definition) is 1. The summed E-state index contributed by atoms with van der Waals surface area (Å²) >= 11 is 0. The van der Waals surface area contributed by atoms with Gasteiger partial charge in [0.1, 0.15) is 11.6 Å². The Hall–Kier alpha value is -1.16. The van der Waals surface area contributed by atoms with Gasteiger partial charge in [-0.2, -0.15) is 0 Å². The molecule has 0 saturated carbocycles. The third kappa shape index (κ3) is 1.85. The third-order valence-corrected chi connectivity index (χ3v) is 2.75. The highest BCUT2D eigenvalue weighted by molar-refractivity contribution is 5.82. The molecule has 2 heterocycles. The molecule has 1 saturated heterocycles. The minimum Gasteiger partial charge on any atom is -0.338 e. The summed E-state index contributed by atoms with van der Waals surface area (Å²) < 4.78 is 1.96. The first kappa shape index (κ1) is 9.40. The maximum absolute atomic E-state index is 11.6. The molecule has 0 atom stereocenters. The number of rotatable bonds is 4. The molecule has 0 unspecified atom stereocenters. The fourth-order valence-electron chi connectivity index (χ4n) is 1.59. The molecule has 4 heteroatoms. The van der Waals surface area contributed by atoms with E-state index in [-0.39, 0.29) is 5.92 Å². The molecule has 0 aliphatic carbocycles. The maximum Gasteiger partial charge on any atom is 0.138 e. The minimum absolute atomic E-state index is 0.260. The second kappa shape index (κ2) is 3.92. The molecular formula is C10H15N3O. The molecule has 4 nitrogen and oxygen atoms in total. The zero-order valence-electron chi connectivity index (χ0n) is 8.36. The first-order chi connectivity index (χ1) is 6.77. The zero-order valence-corrected chi connectivity index (χ0v) is 8.36. The van der Waals surface area contributed by atoms with Gasteiger partial charge in [-0.25, -0.2) is 4.98 Å². The summed E-state index contributed by atoms with van der Waals surface area (Å²) in [6.45, 7) is 1.72. The maximum atomic E-state index is 11.6. The Morgan fingerprint density at radius 1 is 1.71 bits per heavy atom. The molecule has 1 aliphatic heterocycles. The standard InChI is InChI=1S/C10H15N3O/c1-13-5-4-12-10(13)3-2-9(14)8-6-11-7-8/h4-5,8,11H,2-3,6-7H2,1H3. The van der Waals surface area contributed by atoms with Crippen molar-refractivity contribution in [2.24, 2.45) is 13.0 Å². The zero-order chi connectivity index (χ0) is 9.97. The van der Waals surface area contributed by atoms with Crippen molar-refractivity contribution in [2.45, 2.75) is 12.8 Å². The molecule has 1 aromatic heterocycles. The number of aryl methyl sites for hydroxylation is 2. The Labute approximate surface area is 83.3 Å². The lowest BCUT2D eigenvalue weighted by Crippen LogP contribution is -2.46. The minimum atomic E-state index is 0.260. The fraction of sp³-hybridized carbons (Fsp3) is 0.600. The van der Waals surface area contributed by atoms with Crippen LogP contribution in [0.2, 0.25) is 0 Å². The molecule has 1 aliphatic rings. The number of nitrogens with one attached hydrogen (secondary N) is 1. The van der Waals surface area contributed by atoms with Gasteiger partial charge in [0.2, 0.25) is 0 Å². The normalized spacial score (nSPS) is 16.6. The molecular weight excluding hydrogens is 178 g/mol. The molecule has 1 fully saturated rings. The lowest BCUT2D eigenvalue weighted by Gasteiger charge is -2.25. The number of hydrogen-bond acceptors (Lipinski definition) is 3. The van der Waals surface area contributed by atoms with E-state index in [4.69, 9.17) is 0 Å². The second-order valence-corrected chi connectivity index (χ2v) is 3.78. The van der Waals surface area contributed by atoms with Gasteiger partial charge in [-0.15, -0.1) is 0 Å². The summed E-state index contributed by atoms with van der Waals surface area (Å²) in [6.07, 6.45) is 5.06. The lowest BCUT2D eigenvalue weighted by molar-refractivity contribution is -0.124. The van der Waals surface area contributed by atoms with Crippen LogP contribution in [0, 0.1) is 5.92 Å². The van der Waals surface area contributed by atoms with E-state index < -0.39 is 0 Å². The lowest BCUT2D eigenvalue weighted by atomic mass is 9.95. The number of carbonyl (C=O) groups excluding carboxylic acids is 1. The third-order valence-electron chi connectivity index (χ3n) is 2.75. The number of nitrogens with zero attached hydrogens (tertiary/aromatic N) is 2. The van der Waals surface area contributed by atoms with Gasteiger partial charge < -0.3 is 9.88 Å².